The molecule has 0 aromatic heterocycles. The summed E-state index contributed by atoms with van der Waals surface area (Å²) in [5.74, 6) is 2.19. The van der Waals surface area contributed by atoms with E-state index in [0.717, 1.165) is 5.56 Å². The van der Waals surface area contributed by atoms with Crippen LogP contribution < -0.4 is 9.47 Å². The second-order valence-electron chi connectivity index (χ2n) is 10.3. The summed E-state index contributed by atoms with van der Waals surface area (Å²) in [5.41, 5.74) is 1.71. The molecule has 0 saturated carbocycles. The van der Waals surface area contributed by atoms with Crippen LogP contribution in [0.2, 0.25) is 0 Å². The van der Waals surface area contributed by atoms with E-state index in [1.165, 1.54) is 0 Å². The van der Waals surface area contributed by atoms with Crippen LogP contribution >= 0.6 is 15.9 Å². The van der Waals surface area contributed by atoms with Gasteiger partial charge in [-0.25, -0.2) is 0 Å². The van der Waals surface area contributed by atoms with Crippen molar-refractivity contribution in [1.29, 1.82) is 0 Å². The smallest absolute Gasteiger partial charge is 0.174 e. The summed E-state index contributed by atoms with van der Waals surface area (Å²) in [6, 6.07) is 3.79. The summed E-state index contributed by atoms with van der Waals surface area (Å²) in [6.07, 6.45) is 2.21. The molecule has 0 saturated heterocycles. The molecular formula is C25H29BrO5. The number of rotatable bonds is 3. The standard InChI is InChI=1S/C25H29BrO5/c1-24(2)9-15(27)21-18(11-24)31-19-12-25(3,4)10-16(28)22(19)20(21)13-7-14(26)23(30-6)17(8-13)29-5/h7-8,20H,9-12H2,1-6H3. The number of halogens is 1. The molecule has 6 heteroatoms. The molecule has 166 valence electrons. The van der Waals surface area contributed by atoms with Crippen LogP contribution in [0.5, 0.6) is 11.5 Å². The van der Waals surface area contributed by atoms with Crippen molar-refractivity contribution >= 4 is 27.5 Å². The number of ketones is 2. The van der Waals surface area contributed by atoms with Crippen LogP contribution in [0, 0.1) is 10.8 Å². The third kappa shape index (κ3) is 3.84. The topological polar surface area (TPSA) is 61.8 Å². The summed E-state index contributed by atoms with van der Waals surface area (Å²) >= 11 is 3.57. The highest BCUT2D eigenvalue weighted by Gasteiger charge is 2.48. The SMILES string of the molecule is COc1cc(C2C3=C(CC(C)(C)CC3=O)OC3=C2C(=O)CC(C)(C)C3)cc(Br)c1OC. The predicted octanol–water partition coefficient (Wildman–Crippen LogP) is 5.87. The van der Waals surface area contributed by atoms with Gasteiger partial charge in [-0.1, -0.05) is 27.7 Å². The quantitative estimate of drug-likeness (QED) is 0.532. The Kier molecular flexibility index (Phi) is 5.36. The Bertz CT molecular complexity index is 992. The number of benzene rings is 1. The van der Waals surface area contributed by atoms with Gasteiger partial charge in [-0.05, 0) is 44.5 Å². The second kappa shape index (κ2) is 7.51. The molecule has 3 aliphatic rings. The van der Waals surface area contributed by atoms with Crippen molar-refractivity contribution < 1.29 is 23.8 Å². The molecule has 0 N–H and O–H groups in total. The number of carbonyl (C=O) groups excluding carboxylic acids is 2. The molecule has 1 aliphatic heterocycles. The van der Waals surface area contributed by atoms with E-state index in [2.05, 4.69) is 43.6 Å². The van der Waals surface area contributed by atoms with Gasteiger partial charge in [0.15, 0.2) is 23.1 Å². The fourth-order valence-corrected chi connectivity index (χ4v) is 5.73. The molecular weight excluding hydrogens is 460 g/mol. The van der Waals surface area contributed by atoms with Gasteiger partial charge in [-0.2, -0.15) is 0 Å². The summed E-state index contributed by atoms with van der Waals surface area (Å²) in [4.78, 5) is 26.7. The Hall–Kier alpha value is -2.08. The van der Waals surface area contributed by atoms with Crippen molar-refractivity contribution in [2.45, 2.75) is 59.3 Å². The zero-order valence-corrected chi connectivity index (χ0v) is 20.6. The average Bonchev–Trinajstić information content (AvgIpc) is 2.63. The van der Waals surface area contributed by atoms with Crippen LogP contribution in [-0.4, -0.2) is 25.8 Å². The first-order valence-electron chi connectivity index (χ1n) is 10.6. The summed E-state index contributed by atoms with van der Waals surface area (Å²) in [5, 5.41) is 0. The molecule has 0 fully saturated rings. The van der Waals surface area contributed by atoms with Gasteiger partial charge in [0.05, 0.1) is 18.7 Å². The molecule has 1 aromatic rings. The third-order valence-electron chi connectivity index (χ3n) is 6.37. The molecule has 0 bridgehead atoms. The first-order chi connectivity index (χ1) is 14.5. The number of methoxy groups -OCH3 is 2. The third-order valence-corrected chi connectivity index (χ3v) is 6.96. The van der Waals surface area contributed by atoms with Crippen LogP contribution in [0.25, 0.3) is 0 Å². The van der Waals surface area contributed by atoms with Crippen molar-refractivity contribution in [3.63, 3.8) is 0 Å². The lowest BCUT2D eigenvalue weighted by atomic mass is 9.65. The number of allylic oxidation sites excluding steroid dienone is 4. The molecule has 1 heterocycles. The minimum Gasteiger partial charge on any atom is -0.493 e. The molecule has 1 aromatic carbocycles. The highest BCUT2D eigenvalue weighted by atomic mass is 79.9. The summed E-state index contributed by atoms with van der Waals surface area (Å²) < 4.78 is 18.1. The minimum absolute atomic E-state index is 0.0475. The van der Waals surface area contributed by atoms with Gasteiger partial charge >= 0.3 is 0 Å². The van der Waals surface area contributed by atoms with Crippen LogP contribution in [-0.2, 0) is 14.3 Å². The molecule has 5 nitrogen and oxygen atoms in total. The zero-order chi connectivity index (χ0) is 22.7. The monoisotopic (exact) mass is 488 g/mol. The predicted molar refractivity (Wildman–Crippen MR) is 121 cm³/mol. The van der Waals surface area contributed by atoms with Crippen molar-refractivity contribution in [1.82, 2.24) is 0 Å². The Morgan fingerprint density at radius 1 is 0.871 bits per heavy atom. The molecule has 0 amide bonds. The second-order valence-corrected chi connectivity index (χ2v) is 11.2. The average molecular weight is 489 g/mol. The van der Waals surface area contributed by atoms with E-state index in [-0.39, 0.29) is 22.4 Å². The maximum atomic E-state index is 13.4. The lowest BCUT2D eigenvalue weighted by Gasteiger charge is -2.42. The maximum absolute atomic E-state index is 13.4. The molecule has 0 unspecified atom stereocenters. The van der Waals surface area contributed by atoms with Gasteiger partial charge in [0.2, 0.25) is 0 Å². The van der Waals surface area contributed by atoms with E-state index in [1.54, 1.807) is 14.2 Å². The van der Waals surface area contributed by atoms with Gasteiger partial charge in [0.1, 0.15) is 11.5 Å². The normalized spacial score (nSPS) is 22.7. The Morgan fingerprint density at radius 2 is 1.39 bits per heavy atom. The molecule has 0 radical (unpaired) electrons. The van der Waals surface area contributed by atoms with Gasteiger partial charge in [-0.15, -0.1) is 0 Å². The van der Waals surface area contributed by atoms with Crippen LogP contribution in [0.4, 0.5) is 0 Å². The fraction of sp³-hybridized carbons (Fsp3) is 0.520. The summed E-state index contributed by atoms with van der Waals surface area (Å²) in [6.45, 7) is 8.33. The van der Waals surface area contributed by atoms with E-state index in [1.807, 2.05) is 12.1 Å². The van der Waals surface area contributed by atoms with Gasteiger partial charge in [-0.3, -0.25) is 9.59 Å². The number of Topliss-reactive ketones (excluding diaryl/α,β-unsaturated/α-hetero) is 2. The number of carbonyl (C=O) groups is 2. The van der Waals surface area contributed by atoms with Gasteiger partial charge in [0.25, 0.3) is 0 Å². The Balaban J connectivity index is 1.95. The lowest BCUT2D eigenvalue weighted by molar-refractivity contribution is -0.120. The highest BCUT2D eigenvalue weighted by molar-refractivity contribution is 9.10. The van der Waals surface area contributed by atoms with Gasteiger partial charge in [0, 0.05) is 42.7 Å². The molecule has 31 heavy (non-hydrogen) atoms. The fourth-order valence-electron chi connectivity index (χ4n) is 5.11. The van der Waals surface area contributed by atoms with Crippen molar-refractivity contribution in [2.75, 3.05) is 14.2 Å². The van der Waals surface area contributed by atoms with E-state index >= 15 is 0 Å². The Morgan fingerprint density at radius 3 is 1.84 bits per heavy atom. The van der Waals surface area contributed by atoms with Crippen molar-refractivity contribution in [3.8, 4) is 11.5 Å². The van der Waals surface area contributed by atoms with E-state index in [4.69, 9.17) is 14.2 Å². The van der Waals surface area contributed by atoms with E-state index in [9.17, 15) is 9.59 Å². The number of ether oxygens (including phenoxy) is 3. The maximum Gasteiger partial charge on any atom is 0.174 e. The van der Waals surface area contributed by atoms with Crippen LogP contribution in [0.15, 0.2) is 39.3 Å². The first-order valence-corrected chi connectivity index (χ1v) is 11.4. The first kappa shape index (κ1) is 22.1. The van der Waals surface area contributed by atoms with Crippen molar-refractivity contribution in [3.05, 3.63) is 44.8 Å². The summed E-state index contributed by atoms with van der Waals surface area (Å²) in [7, 11) is 3.16. The highest BCUT2D eigenvalue weighted by Crippen LogP contribution is 2.54. The van der Waals surface area contributed by atoms with Crippen LogP contribution in [0.1, 0.15) is 64.9 Å². The zero-order valence-electron chi connectivity index (χ0n) is 19.0. The molecule has 4 rings (SSSR count). The minimum atomic E-state index is -0.456. The number of hydrogen-bond donors (Lipinski definition) is 0. The largest absolute Gasteiger partial charge is 0.493 e. The molecule has 2 aliphatic carbocycles. The van der Waals surface area contributed by atoms with E-state index in [0.29, 0.717) is 64.3 Å². The molecule has 0 spiro atoms. The Labute approximate surface area is 191 Å². The number of hydrogen-bond acceptors (Lipinski definition) is 5. The van der Waals surface area contributed by atoms with Crippen molar-refractivity contribution in [2.24, 2.45) is 10.8 Å². The van der Waals surface area contributed by atoms with Crippen LogP contribution in [0.3, 0.4) is 0 Å². The lowest BCUT2D eigenvalue weighted by Crippen LogP contribution is -2.37. The van der Waals surface area contributed by atoms with Gasteiger partial charge < -0.3 is 14.2 Å². The molecule has 0 atom stereocenters. The van der Waals surface area contributed by atoms with E-state index < -0.39 is 5.92 Å².